The summed E-state index contributed by atoms with van der Waals surface area (Å²) in [6, 6.07) is 15.5. The number of nitrogens with one attached hydrogen (secondary N) is 1. The molecule has 2 rings (SSSR count). The fourth-order valence-electron chi connectivity index (χ4n) is 2.27. The van der Waals surface area contributed by atoms with Crippen molar-refractivity contribution in [3.05, 3.63) is 65.2 Å². The van der Waals surface area contributed by atoms with Gasteiger partial charge in [0.25, 0.3) is 0 Å². The van der Waals surface area contributed by atoms with Crippen molar-refractivity contribution in [1.29, 1.82) is 0 Å². The number of aryl methyl sites for hydroxylation is 1. The van der Waals surface area contributed by atoms with E-state index in [-0.39, 0.29) is 11.8 Å². The molecule has 0 aromatic heterocycles. The van der Waals surface area contributed by atoms with E-state index < -0.39 is 0 Å². The Hall–Kier alpha value is -2.62. The Morgan fingerprint density at radius 1 is 1.04 bits per heavy atom. The minimum Gasteiger partial charge on any atom is -0.352 e. The van der Waals surface area contributed by atoms with Gasteiger partial charge in [-0.2, -0.15) is 0 Å². The molecule has 120 valence electrons. The number of amides is 2. The lowest BCUT2D eigenvalue weighted by Crippen LogP contribution is -2.25. The maximum absolute atomic E-state index is 12.0. The SMILES string of the molecule is CC(=O)N(C)c1ccc(CC(=O)NCc2ccccc2C)cc1. The molecule has 2 aromatic rings. The van der Waals surface area contributed by atoms with Crippen molar-refractivity contribution >= 4 is 17.5 Å². The van der Waals surface area contributed by atoms with Crippen LogP contribution in [0.5, 0.6) is 0 Å². The van der Waals surface area contributed by atoms with Crippen LogP contribution in [0.4, 0.5) is 5.69 Å². The summed E-state index contributed by atoms with van der Waals surface area (Å²) < 4.78 is 0. The molecule has 0 saturated carbocycles. The van der Waals surface area contributed by atoms with Gasteiger partial charge in [-0.1, -0.05) is 36.4 Å². The van der Waals surface area contributed by atoms with E-state index in [0.717, 1.165) is 16.8 Å². The summed E-state index contributed by atoms with van der Waals surface area (Å²) in [5, 5.41) is 2.94. The van der Waals surface area contributed by atoms with Crippen LogP contribution < -0.4 is 10.2 Å². The Balaban J connectivity index is 1.90. The monoisotopic (exact) mass is 310 g/mol. The van der Waals surface area contributed by atoms with Crippen LogP contribution in [0.3, 0.4) is 0 Å². The summed E-state index contributed by atoms with van der Waals surface area (Å²) in [4.78, 5) is 24.9. The van der Waals surface area contributed by atoms with Gasteiger partial charge in [0, 0.05) is 26.2 Å². The first kappa shape index (κ1) is 16.7. The second kappa shape index (κ2) is 7.58. The molecular weight excluding hydrogens is 288 g/mol. The zero-order valence-corrected chi connectivity index (χ0v) is 13.8. The van der Waals surface area contributed by atoms with Gasteiger partial charge in [0.2, 0.25) is 11.8 Å². The molecule has 1 N–H and O–H groups in total. The molecule has 0 saturated heterocycles. The van der Waals surface area contributed by atoms with Gasteiger partial charge in [-0.05, 0) is 35.7 Å². The van der Waals surface area contributed by atoms with Crippen molar-refractivity contribution in [1.82, 2.24) is 5.32 Å². The summed E-state index contributed by atoms with van der Waals surface area (Å²) in [6.07, 6.45) is 0.329. The maximum Gasteiger partial charge on any atom is 0.224 e. The first-order chi connectivity index (χ1) is 11.0. The second-order valence-electron chi connectivity index (χ2n) is 5.62. The Morgan fingerprint density at radius 2 is 1.70 bits per heavy atom. The number of nitrogens with zero attached hydrogens (tertiary/aromatic N) is 1. The Kier molecular flexibility index (Phi) is 5.52. The number of hydrogen-bond acceptors (Lipinski definition) is 2. The third-order valence-electron chi connectivity index (χ3n) is 3.90. The first-order valence-corrected chi connectivity index (χ1v) is 7.62. The van der Waals surface area contributed by atoms with Crippen LogP contribution in [0.1, 0.15) is 23.6 Å². The lowest BCUT2D eigenvalue weighted by molar-refractivity contribution is -0.120. The minimum absolute atomic E-state index is 0.0130. The smallest absolute Gasteiger partial charge is 0.224 e. The van der Waals surface area contributed by atoms with Crippen molar-refractivity contribution in [3.8, 4) is 0 Å². The van der Waals surface area contributed by atoms with Gasteiger partial charge in [-0.25, -0.2) is 0 Å². The van der Waals surface area contributed by atoms with E-state index in [0.29, 0.717) is 13.0 Å². The lowest BCUT2D eigenvalue weighted by Gasteiger charge is -2.15. The van der Waals surface area contributed by atoms with Gasteiger partial charge >= 0.3 is 0 Å². The van der Waals surface area contributed by atoms with Crippen molar-refractivity contribution in [3.63, 3.8) is 0 Å². The third-order valence-corrected chi connectivity index (χ3v) is 3.90. The molecule has 0 unspecified atom stereocenters. The van der Waals surface area contributed by atoms with E-state index >= 15 is 0 Å². The fraction of sp³-hybridized carbons (Fsp3) is 0.263. The largest absolute Gasteiger partial charge is 0.352 e. The average molecular weight is 310 g/mol. The molecule has 0 radical (unpaired) electrons. The molecule has 0 aliphatic carbocycles. The summed E-state index contributed by atoms with van der Waals surface area (Å²) in [7, 11) is 1.73. The predicted molar refractivity (Wildman–Crippen MR) is 92.3 cm³/mol. The molecule has 2 amide bonds. The molecule has 0 fully saturated rings. The molecule has 4 nitrogen and oxygen atoms in total. The number of carbonyl (C=O) groups excluding carboxylic acids is 2. The molecule has 0 atom stereocenters. The Bertz CT molecular complexity index is 693. The average Bonchev–Trinajstić information content (AvgIpc) is 2.54. The molecular formula is C19H22N2O2. The van der Waals surface area contributed by atoms with Crippen LogP contribution in [0.15, 0.2) is 48.5 Å². The van der Waals surface area contributed by atoms with Crippen LogP contribution in [0, 0.1) is 6.92 Å². The van der Waals surface area contributed by atoms with E-state index in [1.807, 2.05) is 55.5 Å². The standard InChI is InChI=1S/C19H22N2O2/c1-14-6-4-5-7-17(14)13-20-19(23)12-16-8-10-18(11-9-16)21(3)15(2)22/h4-11H,12-13H2,1-3H3,(H,20,23). The molecule has 23 heavy (non-hydrogen) atoms. The molecule has 0 spiro atoms. The Morgan fingerprint density at radius 3 is 2.30 bits per heavy atom. The highest BCUT2D eigenvalue weighted by atomic mass is 16.2. The van der Waals surface area contributed by atoms with Gasteiger partial charge in [0.15, 0.2) is 0 Å². The van der Waals surface area contributed by atoms with E-state index in [9.17, 15) is 9.59 Å². The number of hydrogen-bond donors (Lipinski definition) is 1. The second-order valence-corrected chi connectivity index (χ2v) is 5.62. The summed E-state index contributed by atoms with van der Waals surface area (Å²) in [5.74, 6) is -0.0327. The molecule has 0 heterocycles. The van der Waals surface area contributed by atoms with Gasteiger partial charge in [0.1, 0.15) is 0 Å². The Labute approximate surface area is 137 Å². The predicted octanol–water partition coefficient (Wildman–Crippen LogP) is 2.84. The number of anilines is 1. The van der Waals surface area contributed by atoms with E-state index in [1.165, 1.54) is 12.5 Å². The summed E-state index contributed by atoms with van der Waals surface area (Å²) in [6.45, 7) is 4.09. The van der Waals surface area contributed by atoms with Crippen LogP contribution in [-0.2, 0) is 22.6 Å². The maximum atomic E-state index is 12.0. The zero-order chi connectivity index (χ0) is 16.8. The number of rotatable bonds is 5. The lowest BCUT2D eigenvalue weighted by atomic mass is 10.1. The fourth-order valence-corrected chi connectivity index (χ4v) is 2.27. The first-order valence-electron chi connectivity index (χ1n) is 7.62. The van der Waals surface area contributed by atoms with Crippen LogP contribution in [-0.4, -0.2) is 18.9 Å². The third kappa shape index (κ3) is 4.68. The van der Waals surface area contributed by atoms with E-state index in [2.05, 4.69) is 5.32 Å². The van der Waals surface area contributed by atoms with Gasteiger partial charge in [-0.15, -0.1) is 0 Å². The zero-order valence-electron chi connectivity index (χ0n) is 13.8. The normalized spacial score (nSPS) is 10.2. The minimum atomic E-state index is -0.0197. The van der Waals surface area contributed by atoms with Crippen LogP contribution in [0.25, 0.3) is 0 Å². The highest BCUT2D eigenvalue weighted by molar-refractivity contribution is 5.90. The van der Waals surface area contributed by atoms with Crippen molar-refractivity contribution in [2.45, 2.75) is 26.8 Å². The van der Waals surface area contributed by atoms with Crippen molar-refractivity contribution in [2.75, 3.05) is 11.9 Å². The highest BCUT2D eigenvalue weighted by Crippen LogP contribution is 2.14. The topological polar surface area (TPSA) is 49.4 Å². The molecule has 2 aromatic carbocycles. The van der Waals surface area contributed by atoms with E-state index in [1.54, 1.807) is 11.9 Å². The van der Waals surface area contributed by atoms with Crippen molar-refractivity contribution in [2.24, 2.45) is 0 Å². The van der Waals surface area contributed by atoms with Gasteiger partial charge in [0.05, 0.1) is 6.42 Å². The molecule has 0 bridgehead atoms. The van der Waals surface area contributed by atoms with Crippen LogP contribution >= 0.6 is 0 Å². The molecule has 4 heteroatoms. The number of carbonyl (C=O) groups is 2. The molecule has 0 aliphatic heterocycles. The molecule has 0 aliphatic rings. The summed E-state index contributed by atoms with van der Waals surface area (Å²) in [5.41, 5.74) is 4.04. The quantitative estimate of drug-likeness (QED) is 0.923. The van der Waals surface area contributed by atoms with Crippen LogP contribution in [0.2, 0.25) is 0 Å². The summed E-state index contributed by atoms with van der Waals surface area (Å²) >= 11 is 0. The van der Waals surface area contributed by atoms with Gasteiger partial charge in [-0.3, -0.25) is 9.59 Å². The number of benzene rings is 2. The highest BCUT2D eigenvalue weighted by Gasteiger charge is 2.07. The van der Waals surface area contributed by atoms with Crippen molar-refractivity contribution < 1.29 is 9.59 Å². The van der Waals surface area contributed by atoms with E-state index in [4.69, 9.17) is 0 Å². The van der Waals surface area contributed by atoms with Gasteiger partial charge < -0.3 is 10.2 Å².